The number of urea groups is 1. The fraction of sp³-hybridized carbons (Fsp3) is 0.500. The fourth-order valence-corrected chi connectivity index (χ4v) is 5.48. The quantitative estimate of drug-likeness (QED) is 0.730. The number of hydroxylamine groups is 2. The third-order valence-electron chi connectivity index (χ3n) is 4.54. The first-order valence-corrected chi connectivity index (χ1v) is 8.79. The van der Waals surface area contributed by atoms with Gasteiger partial charge in [-0.25, -0.2) is 18.0 Å². The van der Waals surface area contributed by atoms with E-state index in [1.165, 1.54) is 5.06 Å². The summed E-state index contributed by atoms with van der Waals surface area (Å²) in [5, 5.41) is 0.944. The molecule has 6 nitrogen and oxygen atoms in total. The van der Waals surface area contributed by atoms with Crippen LogP contribution in [0.5, 0.6) is 0 Å². The largest absolute Gasteiger partial charge is 0.346 e. The van der Waals surface area contributed by atoms with Gasteiger partial charge in [0.1, 0.15) is 0 Å². The van der Waals surface area contributed by atoms with Crippen LogP contribution in [0.4, 0.5) is 4.79 Å². The minimum Gasteiger partial charge on any atom is -0.321 e. The van der Waals surface area contributed by atoms with E-state index < -0.39 is 9.84 Å². The molecule has 3 aliphatic rings. The normalized spacial score (nSPS) is 33.0. The van der Waals surface area contributed by atoms with Crippen molar-refractivity contribution in [3.8, 4) is 0 Å². The van der Waals surface area contributed by atoms with E-state index in [1.807, 2.05) is 30.3 Å². The molecule has 21 heavy (non-hydrogen) atoms. The first-order valence-electron chi connectivity index (χ1n) is 7.08. The van der Waals surface area contributed by atoms with Crippen molar-refractivity contribution in [2.75, 3.05) is 18.8 Å². The standard InChI is InChI=1S/C14H16N2O4S/c17-14(16-13(20-16)10-4-2-1-3-5-10)15-8-11-6-7-21(18,19)12(11)9-15/h1-5,11-13H,6-9H2/t11-,12+,13?,16?/m0/s1. The van der Waals surface area contributed by atoms with Gasteiger partial charge in [-0.1, -0.05) is 30.3 Å². The Kier molecular flexibility index (Phi) is 2.77. The Morgan fingerprint density at radius 1 is 1.19 bits per heavy atom. The van der Waals surface area contributed by atoms with Gasteiger partial charge in [-0.05, 0) is 12.3 Å². The molecule has 1 aromatic rings. The molecule has 0 aliphatic carbocycles. The van der Waals surface area contributed by atoms with E-state index in [0.29, 0.717) is 19.5 Å². The first-order chi connectivity index (χ1) is 10.1. The monoisotopic (exact) mass is 308 g/mol. The van der Waals surface area contributed by atoms with Gasteiger partial charge >= 0.3 is 6.03 Å². The molecule has 3 saturated heterocycles. The van der Waals surface area contributed by atoms with Crippen molar-refractivity contribution in [3.05, 3.63) is 35.9 Å². The van der Waals surface area contributed by atoms with Crippen LogP contribution in [0, 0.1) is 5.92 Å². The smallest absolute Gasteiger partial charge is 0.321 e. The molecule has 3 fully saturated rings. The number of benzene rings is 1. The Hall–Kier alpha value is -1.60. The number of likely N-dealkylation sites (tertiary alicyclic amines) is 1. The number of sulfone groups is 1. The van der Waals surface area contributed by atoms with Gasteiger partial charge in [0, 0.05) is 18.7 Å². The average molecular weight is 308 g/mol. The van der Waals surface area contributed by atoms with Crippen LogP contribution >= 0.6 is 0 Å². The zero-order valence-corrected chi connectivity index (χ0v) is 12.2. The van der Waals surface area contributed by atoms with Gasteiger partial charge in [0.2, 0.25) is 6.23 Å². The molecule has 7 heteroatoms. The highest BCUT2D eigenvalue weighted by atomic mass is 32.2. The predicted octanol–water partition coefficient (Wildman–Crippen LogP) is 1.17. The van der Waals surface area contributed by atoms with Crippen molar-refractivity contribution in [1.29, 1.82) is 0 Å². The molecule has 1 unspecified atom stereocenters. The Morgan fingerprint density at radius 3 is 2.67 bits per heavy atom. The van der Waals surface area contributed by atoms with Crippen LogP contribution in [0.2, 0.25) is 0 Å². The number of carbonyl (C=O) groups is 1. The zero-order valence-electron chi connectivity index (χ0n) is 11.4. The number of rotatable bonds is 1. The van der Waals surface area contributed by atoms with Crippen molar-refractivity contribution in [2.45, 2.75) is 17.9 Å². The summed E-state index contributed by atoms with van der Waals surface area (Å²) in [6, 6.07) is 9.28. The van der Waals surface area contributed by atoms with E-state index in [9.17, 15) is 13.2 Å². The molecule has 0 saturated carbocycles. The molecule has 112 valence electrons. The first kappa shape index (κ1) is 13.1. The maximum atomic E-state index is 12.4. The highest BCUT2D eigenvalue weighted by Gasteiger charge is 2.52. The second kappa shape index (κ2) is 4.45. The van der Waals surface area contributed by atoms with E-state index in [0.717, 1.165) is 5.56 Å². The summed E-state index contributed by atoms with van der Waals surface area (Å²) in [5.74, 6) is 0.353. The lowest BCUT2D eigenvalue weighted by atomic mass is 10.1. The topological polar surface area (TPSA) is 70.0 Å². The van der Waals surface area contributed by atoms with Crippen molar-refractivity contribution in [1.82, 2.24) is 9.96 Å². The van der Waals surface area contributed by atoms with Gasteiger partial charge in [-0.3, -0.25) is 0 Å². The molecule has 3 aliphatic heterocycles. The fourth-order valence-electron chi connectivity index (χ4n) is 3.33. The minimum absolute atomic E-state index is 0.0917. The molecule has 1 aromatic carbocycles. The van der Waals surface area contributed by atoms with Crippen molar-refractivity contribution in [3.63, 3.8) is 0 Å². The van der Waals surface area contributed by atoms with Gasteiger partial charge < -0.3 is 4.90 Å². The molecule has 3 atom stereocenters. The second-order valence-electron chi connectivity index (χ2n) is 5.84. The molecular formula is C14H16N2O4S. The lowest BCUT2D eigenvalue weighted by Gasteiger charge is -2.16. The van der Waals surface area contributed by atoms with Crippen LogP contribution in [0.3, 0.4) is 0 Å². The Bertz CT molecular complexity index is 675. The van der Waals surface area contributed by atoms with E-state index >= 15 is 0 Å². The molecule has 0 spiro atoms. The SMILES string of the molecule is O=C(N1C[C@@H]2CCS(=O)(=O)[C@@H]2C1)N1OC1c1ccccc1. The molecule has 0 aromatic heterocycles. The van der Waals surface area contributed by atoms with Crippen LogP contribution in [0.15, 0.2) is 30.3 Å². The summed E-state index contributed by atoms with van der Waals surface area (Å²) < 4.78 is 23.8. The van der Waals surface area contributed by atoms with E-state index in [1.54, 1.807) is 4.90 Å². The lowest BCUT2D eigenvalue weighted by molar-refractivity contribution is 0.144. The number of hydrogen-bond donors (Lipinski definition) is 0. The number of nitrogens with zero attached hydrogens (tertiary/aromatic N) is 2. The molecule has 3 heterocycles. The van der Waals surface area contributed by atoms with Crippen LogP contribution in [-0.4, -0.2) is 48.5 Å². The van der Waals surface area contributed by atoms with Crippen LogP contribution in [0.25, 0.3) is 0 Å². The second-order valence-corrected chi connectivity index (χ2v) is 8.18. The van der Waals surface area contributed by atoms with Crippen molar-refractivity contribution >= 4 is 15.9 Å². The Labute approximate surface area is 123 Å². The summed E-state index contributed by atoms with van der Waals surface area (Å²) in [7, 11) is -3.01. The maximum Gasteiger partial charge on any atom is 0.346 e. The summed E-state index contributed by atoms with van der Waals surface area (Å²) in [5.41, 5.74) is 0.929. The Balaban J connectivity index is 1.44. The number of fused-ring (bicyclic) bond motifs is 1. The minimum atomic E-state index is -3.01. The molecule has 2 amide bonds. The third kappa shape index (κ3) is 2.11. The maximum absolute atomic E-state index is 12.4. The van der Waals surface area contributed by atoms with Crippen LogP contribution in [-0.2, 0) is 14.7 Å². The summed E-state index contributed by atoms with van der Waals surface area (Å²) in [4.78, 5) is 19.3. The van der Waals surface area contributed by atoms with E-state index in [4.69, 9.17) is 4.84 Å². The van der Waals surface area contributed by atoms with Gasteiger partial charge in [-0.15, -0.1) is 0 Å². The number of amides is 2. The molecule has 0 bridgehead atoms. The van der Waals surface area contributed by atoms with Crippen molar-refractivity contribution in [2.24, 2.45) is 5.92 Å². The number of hydrogen-bond acceptors (Lipinski definition) is 4. The highest BCUT2D eigenvalue weighted by Crippen LogP contribution is 2.40. The molecular weight excluding hydrogens is 292 g/mol. The van der Waals surface area contributed by atoms with Gasteiger partial charge in [0.05, 0.1) is 11.0 Å². The number of carbonyl (C=O) groups excluding carboxylic acids is 1. The van der Waals surface area contributed by atoms with E-state index in [-0.39, 0.29) is 29.2 Å². The van der Waals surface area contributed by atoms with Gasteiger partial charge in [-0.2, -0.15) is 5.06 Å². The summed E-state index contributed by atoms with van der Waals surface area (Å²) in [6.07, 6.45) is 0.329. The average Bonchev–Trinajstić information content (AvgIpc) is 3.07. The van der Waals surface area contributed by atoms with Crippen molar-refractivity contribution < 1.29 is 18.0 Å². The predicted molar refractivity (Wildman–Crippen MR) is 74.8 cm³/mol. The lowest BCUT2D eigenvalue weighted by Crippen LogP contribution is -2.35. The molecule has 4 rings (SSSR count). The zero-order chi connectivity index (χ0) is 14.6. The molecule has 0 N–H and O–H groups in total. The van der Waals surface area contributed by atoms with Gasteiger partial charge in [0.15, 0.2) is 9.84 Å². The molecule has 0 radical (unpaired) electrons. The summed E-state index contributed by atoms with van der Waals surface area (Å²) >= 11 is 0. The van der Waals surface area contributed by atoms with Crippen LogP contribution < -0.4 is 0 Å². The summed E-state index contributed by atoms with van der Waals surface area (Å²) in [6.45, 7) is 0.817. The van der Waals surface area contributed by atoms with Crippen LogP contribution in [0.1, 0.15) is 18.2 Å². The van der Waals surface area contributed by atoms with E-state index in [2.05, 4.69) is 0 Å². The highest BCUT2D eigenvalue weighted by molar-refractivity contribution is 7.92. The van der Waals surface area contributed by atoms with Gasteiger partial charge in [0.25, 0.3) is 0 Å². The third-order valence-corrected chi connectivity index (χ3v) is 6.80. The Morgan fingerprint density at radius 2 is 1.95 bits per heavy atom.